The van der Waals surface area contributed by atoms with Crippen LogP contribution in [-0.4, -0.2) is 15.1 Å². The Bertz CT molecular complexity index is 836. The molecule has 3 rings (SSSR count). The van der Waals surface area contributed by atoms with Gasteiger partial charge in [-0.25, -0.2) is 4.98 Å². The fourth-order valence-corrected chi connectivity index (χ4v) is 1.90. The second-order valence-corrected chi connectivity index (χ2v) is 4.75. The van der Waals surface area contributed by atoms with Gasteiger partial charge in [-0.3, -0.25) is 0 Å². The molecule has 2 heterocycles. The van der Waals surface area contributed by atoms with Crippen LogP contribution in [0.25, 0.3) is 11.4 Å². The standard InChI is InChI=1S/C14H7ClF3N3O2/c15-11-7-10(4-5-19-11)22-9-3-1-2-8(6-9)12-20-13(23-21-12)14(16,17)18/h1-7H. The van der Waals surface area contributed by atoms with Crippen molar-refractivity contribution in [1.82, 2.24) is 15.1 Å². The number of hydrogen-bond donors (Lipinski definition) is 0. The Balaban J connectivity index is 1.86. The van der Waals surface area contributed by atoms with Crippen LogP contribution in [0.3, 0.4) is 0 Å². The number of ether oxygens (including phenoxy) is 1. The van der Waals surface area contributed by atoms with E-state index in [1.807, 2.05) is 0 Å². The zero-order valence-electron chi connectivity index (χ0n) is 11.2. The maximum atomic E-state index is 12.5. The normalized spacial score (nSPS) is 11.5. The summed E-state index contributed by atoms with van der Waals surface area (Å²) in [5.41, 5.74) is 0.321. The van der Waals surface area contributed by atoms with Crippen molar-refractivity contribution >= 4 is 11.6 Å². The van der Waals surface area contributed by atoms with Gasteiger partial charge >= 0.3 is 12.1 Å². The lowest BCUT2D eigenvalue weighted by molar-refractivity contribution is -0.159. The maximum absolute atomic E-state index is 12.5. The van der Waals surface area contributed by atoms with Crippen LogP contribution >= 0.6 is 11.6 Å². The minimum absolute atomic E-state index is 0.185. The number of nitrogens with zero attached hydrogens (tertiary/aromatic N) is 3. The van der Waals surface area contributed by atoms with Crippen LogP contribution in [0.1, 0.15) is 5.89 Å². The van der Waals surface area contributed by atoms with E-state index in [9.17, 15) is 13.2 Å². The van der Waals surface area contributed by atoms with Crippen molar-refractivity contribution in [2.75, 3.05) is 0 Å². The molecule has 0 aliphatic carbocycles. The van der Waals surface area contributed by atoms with Crippen molar-refractivity contribution in [2.45, 2.75) is 6.18 Å². The minimum Gasteiger partial charge on any atom is -0.457 e. The summed E-state index contributed by atoms with van der Waals surface area (Å²) >= 11 is 5.75. The molecule has 2 aromatic heterocycles. The summed E-state index contributed by atoms with van der Waals surface area (Å²) in [4.78, 5) is 7.14. The lowest BCUT2D eigenvalue weighted by Gasteiger charge is -2.06. The molecular weight excluding hydrogens is 335 g/mol. The Morgan fingerprint density at radius 3 is 2.57 bits per heavy atom. The molecule has 3 aromatic rings. The Kier molecular flexibility index (Phi) is 3.91. The van der Waals surface area contributed by atoms with Gasteiger partial charge in [-0.1, -0.05) is 28.9 Å². The first-order chi connectivity index (χ1) is 10.9. The highest BCUT2D eigenvalue weighted by Crippen LogP contribution is 2.31. The SMILES string of the molecule is FC(F)(F)c1nc(-c2cccc(Oc3ccnc(Cl)c3)c2)no1. The van der Waals surface area contributed by atoms with Gasteiger partial charge in [-0.2, -0.15) is 18.2 Å². The van der Waals surface area contributed by atoms with Crippen molar-refractivity contribution in [1.29, 1.82) is 0 Å². The van der Waals surface area contributed by atoms with Gasteiger partial charge in [0.25, 0.3) is 0 Å². The lowest BCUT2D eigenvalue weighted by atomic mass is 10.2. The molecule has 1 aromatic carbocycles. The molecule has 0 aliphatic heterocycles. The molecular formula is C14H7ClF3N3O2. The van der Waals surface area contributed by atoms with Crippen LogP contribution in [-0.2, 0) is 6.18 Å². The van der Waals surface area contributed by atoms with E-state index in [1.54, 1.807) is 18.2 Å². The predicted octanol–water partition coefficient (Wildman–Crippen LogP) is 4.60. The summed E-state index contributed by atoms with van der Waals surface area (Å²) in [5.74, 6) is -0.773. The molecule has 0 N–H and O–H groups in total. The van der Waals surface area contributed by atoms with Crippen LogP contribution in [0.2, 0.25) is 5.15 Å². The number of benzene rings is 1. The second kappa shape index (κ2) is 5.88. The van der Waals surface area contributed by atoms with E-state index in [2.05, 4.69) is 19.6 Å². The summed E-state index contributed by atoms with van der Waals surface area (Å²) in [7, 11) is 0. The Hall–Kier alpha value is -2.61. The van der Waals surface area contributed by atoms with Crippen molar-refractivity contribution in [2.24, 2.45) is 0 Å². The van der Waals surface area contributed by atoms with Crippen LogP contribution < -0.4 is 4.74 Å². The van der Waals surface area contributed by atoms with Gasteiger partial charge in [0.2, 0.25) is 5.82 Å². The molecule has 0 atom stereocenters. The number of alkyl halides is 3. The summed E-state index contributed by atoms with van der Waals surface area (Å²) in [6, 6.07) is 9.34. The molecule has 0 amide bonds. The lowest BCUT2D eigenvalue weighted by Crippen LogP contribution is -2.04. The van der Waals surface area contributed by atoms with Gasteiger partial charge in [0.1, 0.15) is 16.7 Å². The second-order valence-electron chi connectivity index (χ2n) is 4.37. The fraction of sp³-hybridized carbons (Fsp3) is 0.0714. The highest BCUT2D eigenvalue weighted by Gasteiger charge is 2.38. The van der Waals surface area contributed by atoms with Crippen LogP contribution in [0.4, 0.5) is 13.2 Å². The third-order valence-electron chi connectivity index (χ3n) is 2.69. The smallest absolute Gasteiger partial charge is 0.457 e. The number of rotatable bonds is 3. The molecule has 0 radical (unpaired) electrons. The van der Waals surface area contributed by atoms with Crippen LogP contribution in [0, 0.1) is 0 Å². The first kappa shape index (κ1) is 15.3. The average molecular weight is 342 g/mol. The van der Waals surface area contributed by atoms with Gasteiger partial charge < -0.3 is 9.26 Å². The number of pyridine rings is 1. The molecule has 0 saturated carbocycles. The summed E-state index contributed by atoms with van der Waals surface area (Å²) < 4.78 is 47.2. The molecule has 0 unspecified atom stereocenters. The zero-order valence-corrected chi connectivity index (χ0v) is 12.0. The summed E-state index contributed by atoms with van der Waals surface area (Å²) in [5, 5.41) is 3.58. The zero-order chi connectivity index (χ0) is 16.4. The average Bonchev–Trinajstić information content (AvgIpc) is 2.97. The molecule has 23 heavy (non-hydrogen) atoms. The van der Waals surface area contributed by atoms with E-state index < -0.39 is 12.1 Å². The van der Waals surface area contributed by atoms with E-state index in [1.165, 1.54) is 24.4 Å². The van der Waals surface area contributed by atoms with Gasteiger partial charge in [0, 0.05) is 17.8 Å². The van der Waals surface area contributed by atoms with Gasteiger partial charge in [0.05, 0.1) is 0 Å². The molecule has 0 aliphatic rings. The minimum atomic E-state index is -4.69. The molecule has 9 heteroatoms. The van der Waals surface area contributed by atoms with Crippen molar-refractivity contribution in [3.8, 4) is 22.9 Å². The quantitative estimate of drug-likeness (QED) is 0.652. The van der Waals surface area contributed by atoms with E-state index in [-0.39, 0.29) is 11.0 Å². The van der Waals surface area contributed by atoms with E-state index in [4.69, 9.17) is 16.3 Å². The van der Waals surface area contributed by atoms with Crippen molar-refractivity contribution in [3.63, 3.8) is 0 Å². The highest BCUT2D eigenvalue weighted by molar-refractivity contribution is 6.29. The highest BCUT2D eigenvalue weighted by atomic mass is 35.5. The molecule has 5 nitrogen and oxygen atoms in total. The molecule has 0 spiro atoms. The molecule has 0 saturated heterocycles. The van der Waals surface area contributed by atoms with E-state index >= 15 is 0 Å². The molecule has 0 fully saturated rings. The van der Waals surface area contributed by atoms with E-state index in [0.29, 0.717) is 17.1 Å². The Morgan fingerprint density at radius 1 is 1.09 bits per heavy atom. The van der Waals surface area contributed by atoms with Crippen LogP contribution in [0.15, 0.2) is 47.1 Å². The monoisotopic (exact) mass is 341 g/mol. The number of halogens is 4. The fourth-order valence-electron chi connectivity index (χ4n) is 1.74. The third-order valence-corrected chi connectivity index (χ3v) is 2.90. The third kappa shape index (κ3) is 3.59. The first-order valence-electron chi connectivity index (χ1n) is 6.22. The topological polar surface area (TPSA) is 61.0 Å². The number of aromatic nitrogens is 3. The Labute approximate surface area is 132 Å². The van der Waals surface area contributed by atoms with Crippen molar-refractivity contribution < 1.29 is 22.4 Å². The van der Waals surface area contributed by atoms with Gasteiger partial charge in [0.15, 0.2) is 0 Å². The Morgan fingerprint density at radius 2 is 1.87 bits per heavy atom. The van der Waals surface area contributed by atoms with Crippen LogP contribution in [0.5, 0.6) is 11.5 Å². The van der Waals surface area contributed by atoms with Crippen molar-refractivity contribution in [3.05, 3.63) is 53.6 Å². The largest absolute Gasteiger partial charge is 0.471 e. The first-order valence-corrected chi connectivity index (χ1v) is 6.60. The molecule has 0 bridgehead atoms. The van der Waals surface area contributed by atoms with E-state index in [0.717, 1.165) is 0 Å². The molecule has 118 valence electrons. The van der Waals surface area contributed by atoms with Gasteiger partial charge in [-0.05, 0) is 18.2 Å². The number of hydrogen-bond acceptors (Lipinski definition) is 5. The summed E-state index contributed by atoms with van der Waals surface area (Å²) in [6.07, 6.45) is -3.22. The maximum Gasteiger partial charge on any atom is 0.471 e. The van der Waals surface area contributed by atoms with Gasteiger partial charge in [-0.15, -0.1) is 0 Å². The predicted molar refractivity (Wildman–Crippen MR) is 74.1 cm³/mol. The summed E-state index contributed by atoms with van der Waals surface area (Å²) in [6.45, 7) is 0.